The lowest BCUT2D eigenvalue weighted by Gasteiger charge is -2.14. The summed E-state index contributed by atoms with van der Waals surface area (Å²) in [6.45, 7) is 0.483. The van der Waals surface area contributed by atoms with Crippen molar-refractivity contribution in [1.82, 2.24) is 4.72 Å². The number of methoxy groups -OCH3 is 2. The van der Waals surface area contributed by atoms with Crippen LogP contribution in [0.3, 0.4) is 0 Å². The van der Waals surface area contributed by atoms with E-state index in [4.69, 9.17) is 14.2 Å². The lowest BCUT2D eigenvalue weighted by atomic mass is 10.0. The molecule has 3 rings (SSSR count). The molecule has 26 heavy (non-hydrogen) atoms. The second-order valence-corrected chi connectivity index (χ2v) is 7.62. The first kappa shape index (κ1) is 18.5. The molecule has 1 aliphatic heterocycles. The summed E-state index contributed by atoms with van der Waals surface area (Å²) in [5.74, 6) is 1.56. The van der Waals surface area contributed by atoms with Gasteiger partial charge in [0, 0.05) is 19.0 Å². The third-order valence-corrected chi connectivity index (χ3v) is 5.65. The molecule has 0 unspecified atom stereocenters. The molecule has 0 saturated heterocycles. The molecule has 0 bridgehead atoms. The van der Waals surface area contributed by atoms with E-state index in [0.717, 1.165) is 17.7 Å². The lowest BCUT2D eigenvalue weighted by molar-refractivity contribution is 0.182. The van der Waals surface area contributed by atoms with Crippen LogP contribution < -0.4 is 18.9 Å². The maximum atomic E-state index is 12.5. The van der Waals surface area contributed by atoms with Crippen LogP contribution in [0.5, 0.6) is 17.2 Å². The second kappa shape index (κ2) is 7.53. The third kappa shape index (κ3) is 3.77. The normalized spacial score (nSPS) is 14.4. The van der Waals surface area contributed by atoms with Crippen molar-refractivity contribution in [2.45, 2.75) is 17.4 Å². The van der Waals surface area contributed by atoms with Gasteiger partial charge in [0.2, 0.25) is 10.0 Å². The standard InChI is InChI=1S/C18H21NO6S/c1-23-17-6-4-14(10-18(17)24-2)26(21,22)19-11-15(20)12-3-5-16-13(9-12)7-8-25-16/h3-6,9-10,15,19-20H,7-8,11H2,1-2H3/t15-/m0/s1. The van der Waals surface area contributed by atoms with E-state index in [9.17, 15) is 13.5 Å². The van der Waals surface area contributed by atoms with Crippen LogP contribution in [0.2, 0.25) is 0 Å². The molecule has 2 aromatic carbocycles. The fraction of sp³-hybridized carbons (Fsp3) is 0.333. The monoisotopic (exact) mass is 379 g/mol. The van der Waals surface area contributed by atoms with E-state index in [-0.39, 0.29) is 11.4 Å². The minimum atomic E-state index is -3.80. The van der Waals surface area contributed by atoms with Gasteiger partial charge >= 0.3 is 0 Å². The summed E-state index contributed by atoms with van der Waals surface area (Å²) in [6.07, 6.45) is -0.177. The SMILES string of the molecule is COc1ccc(S(=O)(=O)NC[C@H](O)c2ccc3c(c2)CCO3)cc1OC. The molecular formula is C18H21NO6S. The van der Waals surface area contributed by atoms with E-state index >= 15 is 0 Å². The summed E-state index contributed by atoms with van der Waals surface area (Å²) in [6, 6.07) is 9.69. The molecule has 0 spiro atoms. The molecule has 0 fully saturated rings. The maximum absolute atomic E-state index is 12.5. The van der Waals surface area contributed by atoms with E-state index < -0.39 is 16.1 Å². The zero-order valence-electron chi connectivity index (χ0n) is 14.6. The van der Waals surface area contributed by atoms with Crippen molar-refractivity contribution in [3.05, 3.63) is 47.5 Å². The second-order valence-electron chi connectivity index (χ2n) is 5.85. The topological polar surface area (TPSA) is 94.1 Å². The predicted molar refractivity (Wildman–Crippen MR) is 95.3 cm³/mol. The van der Waals surface area contributed by atoms with Crippen molar-refractivity contribution in [3.63, 3.8) is 0 Å². The highest BCUT2D eigenvalue weighted by Gasteiger charge is 2.20. The molecule has 0 amide bonds. The number of benzene rings is 2. The Morgan fingerprint density at radius 3 is 2.65 bits per heavy atom. The van der Waals surface area contributed by atoms with Gasteiger partial charge in [-0.3, -0.25) is 0 Å². The smallest absolute Gasteiger partial charge is 0.240 e. The quantitative estimate of drug-likeness (QED) is 0.760. The highest BCUT2D eigenvalue weighted by atomic mass is 32.2. The van der Waals surface area contributed by atoms with Crippen LogP contribution in [-0.2, 0) is 16.4 Å². The Hall–Kier alpha value is -2.29. The van der Waals surface area contributed by atoms with Gasteiger partial charge in [0.25, 0.3) is 0 Å². The number of hydrogen-bond donors (Lipinski definition) is 2. The molecule has 0 radical (unpaired) electrons. The molecule has 8 heteroatoms. The Balaban J connectivity index is 1.71. The first-order chi connectivity index (χ1) is 12.4. The van der Waals surface area contributed by atoms with E-state index in [1.54, 1.807) is 12.1 Å². The van der Waals surface area contributed by atoms with Crippen LogP contribution in [0.15, 0.2) is 41.3 Å². The third-order valence-electron chi connectivity index (χ3n) is 4.23. The molecule has 0 saturated carbocycles. The van der Waals surface area contributed by atoms with Crippen LogP contribution in [0.25, 0.3) is 0 Å². The molecule has 0 aromatic heterocycles. The Bertz CT molecular complexity index is 897. The van der Waals surface area contributed by atoms with Crippen molar-refractivity contribution < 1.29 is 27.7 Å². The number of fused-ring (bicyclic) bond motifs is 1. The van der Waals surface area contributed by atoms with Gasteiger partial charge in [-0.1, -0.05) is 6.07 Å². The van der Waals surface area contributed by atoms with Gasteiger partial charge in [-0.25, -0.2) is 13.1 Å². The van der Waals surface area contributed by atoms with Gasteiger partial charge in [0.05, 0.1) is 31.8 Å². The van der Waals surface area contributed by atoms with Crippen LogP contribution in [0, 0.1) is 0 Å². The number of aliphatic hydroxyl groups is 1. The first-order valence-electron chi connectivity index (χ1n) is 8.10. The Labute approximate surface area is 152 Å². The highest BCUT2D eigenvalue weighted by Crippen LogP contribution is 2.30. The number of aliphatic hydroxyl groups excluding tert-OH is 1. The summed E-state index contributed by atoms with van der Waals surface area (Å²) in [4.78, 5) is 0.0321. The Kier molecular flexibility index (Phi) is 5.36. The molecule has 1 heterocycles. The van der Waals surface area contributed by atoms with Crippen LogP contribution in [-0.4, -0.2) is 40.9 Å². The zero-order valence-corrected chi connectivity index (χ0v) is 15.4. The van der Waals surface area contributed by atoms with Crippen molar-refractivity contribution in [2.24, 2.45) is 0 Å². The largest absolute Gasteiger partial charge is 0.493 e. The summed E-state index contributed by atoms with van der Waals surface area (Å²) in [5.41, 5.74) is 1.66. The van der Waals surface area contributed by atoms with Crippen molar-refractivity contribution in [1.29, 1.82) is 0 Å². The molecule has 2 N–H and O–H groups in total. The molecule has 140 valence electrons. The summed E-state index contributed by atoms with van der Waals surface area (Å²) in [7, 11) is -0.895. The Morgan fingerprint density at radius 1 is 1.15 bits per heavy atom. The average molecular weight is 379 g/mol. The lowest BCUT2D eigenvalue weighted by Crippen LogP contribution is -2.28. The van der Waals surface area contributed by atoms with Crippen LogP contribution >= 0.6 is 0 Å². The highest BCUT2D eigenvalue weighted by molar-refractivity contribution is 7.89. The van der Waals surface area contributed by atoms with E-state index in [1.807, 2.05) is 6.07 Å². The number of rotatable bonds is 7. The fourth-order valence-electron chi connectivity index (χ4n) is 2.79. The predicted octanol–water partition coefficient (Wildman–Crippen LogP) is 1.65. The molecule has 0 aliphatic carbocycles. The van der Waals surface area contributed by atoms with Gasteiger partial charge in [-0.15, -0.1) is 0 Å². The number of nitrogens with one attached hydrogen (secondary N) is 1. The van der Waals surface area contributed by atoms with Crippen molar-refractivity contribution in [3.8, 4) is 17.2 Å². The molecular weight excluding hydrogens is 358 g/mol. The number of hydrogen-bond acceptors (Lipinski definition) is 6. The molecule has 2 aromatic rings. The number of sulfonamides is 1. The summed E-state index contributed by atoms with van der Waals surface area (Å²) >= 11 is 0. The van der Waals surface area contributed by atoms with Gasteiger partial charge in [-0.2, -0.15) is 0 Å². The van der Waals surface area contributed by atoms with Gasteiger partial charge in [0.15, 0.2) is 11.5 Å². The van der Waals surface area contributed by atoms with Gasteiger partial charge < -0.3 is 19.3 Å². The molecule has 1 atom stereocenters. The minimum absolute atomic E-state index is 0.0321. The van der Waals surface area contributed by atoms with E-state index in [1.165, 1.54) is 32.4 Å². The van der Waals surface area contributed by atoms with Crippen molar-refractivity contribution >= 4 is 10.0 Å². The van der Waals surface area contributed by atoms with Gasteiger partial charge in [0.1, 0.15) is 5.75 Å². The zero-order chi connectivity index (χ0) is 18.7. The molecule has 7 nitrogen and oxygen atoms in total. The van der Waals surface area contributed by atoms with Crippen LogP contribution in [0.1, 0.15) is 17.2 Å². The first-order valence-corrected chi connectivity index (χ1v) is 9.58. The van der Waals surface area contributed by atoms with Crippen LogP contribution in [0.4, 0.5) is 0 Å². The van der Waals surface area contributed by atoms with Gasteiger partial charge in [-0.05, 0) is 35.4 Å². The summed E-state index contributed by atoms with van der Waals surface area (Å²) in [5, 5.41) is 10.3. The average Bonchev–Trinajstić information content (AvgIpc) is 3.13. The molecule has 1 aliphatic rings. The minimum Gasteiger partial charge on any atom is -0.493 e. The fourth-order valence-corrected chi connectivity index (χ4v) is 3.84. The van der Waals surface area contributed by atoms with E-state index in [0.29, 0.717) is 23.7 Å². The number of ether oxygens (including phenoxy) is 3. The Morgan fingerprint density at radius 2 is 1.92 bits per heavy atom. The summed E-state index contributed by atoms with van der Waals surface area (Å²) < 4.78 is 43.1. The van der Waals surface area contributed by atoms with Crippen molar-refractivity contribution in [2.75, 3.05) is 27.4 Å². The van der Waals surface area contributed by atoms with E-state index in [2.05, 4.69) is 4.72 Å². The maximum Gasteiger partial charge on any atom is 0.240 e.